The number of imidazole rings is 1. The summed E-state index contributed by atoms with van der Waals surface area (Å²) in [4.78, 5) is 16.7. The maximum absolute atomic E-state index is 13.3. The van der Waals surface area contributed by atoms with Crippen molar-refractivity contribution in [1.82, 2.24) is 25.0 Å². The van der Waals surface area contributed by atoms with E-state index < -0.39 is 0 Å². The quantitative estimate of drug-likeness (QED) is 0.529. The molecule has 7 nitrogen and oxygen atoms in total. The fourth-order valence-electron chi connectivity index (χ4n) is 3.92. The van der Waals surface area contributed by atoms with Gasteiger partial charge in [-0.25, -0.2) is 9.37 Å². The van der Waals surface area contributed by atoms with Crippen molar-refractivity contribution in [2.24, 2.45) is 0 Å². The second-order valence-electron chi connectivity index (χ2n) is 7.98. The number of hydrogen-bond acceptors (Lipinski definition) is 6. The van der Waals surface area contributed by atoms with Crippen LogP contribution >= 0.6 is 0 Å². The minimum absolute atomic E-state index is 0.0916. The van der Waals surface area contributed by atoms with Gasteiger partial charge in [0.15, 0.2) is 0 Å². The lowest BCUT2D eigenvalue weighted by Gasteiger charge is -2.32. The number of H-pyrrole nitrogens is 1. The number of aromatic amines is 1. The summed E-state index contributed by atoms with van der Waals surface area (Å²) in [6.07, 6.45) is 2.41. The van der Waals surface area contributed by atoms with Crippen molar-refractivity contribution in [3.8, 4) is 11.4 Å². The average Bonchev–Trinajstić information content (AvgIpc) is 3.43. The van der Waals surface area contributed by atoms with E-state index in [0.717, 1.165) is 29.2 Å². The van der Waals surface area contributed by atoms with Crippen LogP contribution in [0, 0.1) is 5.82 Å². The van der Waals surface area contributed by atoms with Crippen LogP contribution in [0.5, 0.6) is 0 Å². The Kier molecular flexibility index (Phi) is 4.99. The maximum Gasteiger partial charge on any atom is 0.244 e. The standard InChI is InChI=1S/C23H23FN6O/c1-29(2)18-9-3-15(4-10-18)12-30-13-20-19(25-14-26-20)11-21(30)23-27-22(28-31-23)16-5-7-17(24)8-6-16/h3-10,14,21H,11-13H2,1-2H3,(H,25,26). The van der Waals surface area contributed by atoms with Crippen LogP contribution in [0.25, 0.3) is 11.4 Å². The number of rotatable bonds is 5. The molecule has 0 saturated carbocycles. The van der Waals surface area contributed by atoms with Crippen molar-refractivity contribution < 1.29 is 8.91 Å². The summed E-state index contributed by atoms with van der Waals surface area (Å²) in [5, 5.41) is 4.14. The summed E-state index contributed by atoms with van der Waals surface area (Å²) in [6.45, 7) is 1.45. The van der Waals surface area contributed by atoms with Crippen molar-refractivity contribution in [3.05, 3.63) is 83.5 Å². The van der Waals surface area contributed by atoms with Gasteiger partial charge in [-0.15, -0.1) is 0 Å². The van der Waals surface area contributed by atoms with Gasteiger partial charge in [0.05, 0.1) is 23.8 Å². The van der Waals surface area contributed by atoms with Gasteiger partial charge < -0.3 is 14.4 Å². The molecule has 5 rings (SSSR count). The molecule has 31 heavy (non-hydrogen) atoms. The Bertz CT molecular complexity index is 1170. The topological polar surface area (TPSA) is 74.1 Å². The number of aromatic nitrogens is 4. The van der Waals surface area contributed by atoms with Gasteiger partial charge in [0, 0.05) is 44.9 Å². The molecular weight excluding hydrogens is 395 g/mol. The SMILES string of the molecule is CN(C)c1ccc(CN2Cc3[nH]cnc3CC2c2nc(-c3ccc(F)cc3)no2)cc1. The van der Waals surface area contributed by atoms with E-state index in [4.69, 9.17) is 4.52 Å². The highest BCUT2D eigenvalue weighted by atomic mass is 19.1. The lowest BCUT2D eigenvalue weighted by molar-refractivity contribution is 0.128. The molecule has 0 aliphatic carbocycles. The minimum Gasteiger partial charge on any atom is -0.378 e. The molecule has 0 fully saturated rings. The third-order valence-electron chi connectivity index (χ3n) is 5.66. The molecule has 1 atom stereocenters. The van der Waals surface area contributed by atoms with Gasteiger partial charge in [-0.05, 0) is 42.0 Å². The highest BCUT2D eigenvalue weighted by Crippen LogP contribution is 2.33. The largest absolute Gasteiger partial charge is 0.378 e. The van der Waals surface area contributed by atoms with Crippen LogP contribution in [0.4, 0.5) is 10.1 Å². The zero-order chi connectivity index (χ0) is 21.4. The lowest BCUT2D eigenvalue weighted by Crippen LogP contribution is -2.34. The molecule has 0 bridgehead atoms. The van der Waals surface area contributed by atoms with Crippen LogP contribution in [-0.2, 0) is 19.5 Å². The first-order valence-electron chi connectivity index (χ1n) is 10.2. The van der Waals surface area contributed by atoms with Gasteiger partial charge in [-0.1, -0.05) is 17.3 Å². The van der Waals surface area contributed by atoms with Crippen molar-refractivity contribution >= 4 is 5.69 Å². The van der Waals surface area contributed by atoms with E-state index in [2.05, 4.69) is 54.2 Å². The summed E-state index contributed by atoms with van der Waals surface area (Å²) >= 11 is 0. The summed E-state index contributed by atoms with van der Waals surface area (Å²) < 4.78 is 18.9. The van der Waals surface area contributed by atoms with Gasteiger partial charge >= 0.3 is 0 Å². The molecule has 2 aromatic carbocycles. The molecule has 2 aromatic heterocycles. The molecular formula is C23H23FN6O. The Balaban J connectivity index is 1.43. The number of anilines is 1. The molecule has 1 N–H and O–H groups in total. The smallest absolute Gasteiger partial charge is 0.244 e. The number of fused-ring (bicyclic) bond motifs is 1. The first-order chi connectivity index (χ1) is 15.1. The normalized spacial score (nSPS) is 16.3. The summed E-state index contributed by atoms with van der Waals surface area (Å²) in [5.41, 5.74) is 5.22. The molecule has 3 heterocycles. The van der Waals surface area contributed by atoms with Crippen molar-refractivity contribution in [2.45, 2.75) is 25.6 Å². The van der Waals surface area contributed by atoms with Crippen LogP contribution in [0.2, 0.25) is 0 Å². The number of hydrogen-bond donors (Lipinski definition) is 1. The molecule has 4 aromatic rings. The van der Waals surface area contributed by atoms with E-state index in [0.29, 0.717) is 24.7 Å². The van der Waals surface area contributed by atoms with E-state index >= 15 is 0 Å². The molecule has 0 spiro atoms. The zero-order valence-corrected chi connectivity index (χ0v) is 17.4. The Morgan fingerprint density at radius 2 is 1.90 bits per heavy atom. The maximum atomic E-state index is 13.3. The fraction of sp³-hybridized carbons (Fsp3) is 0.261. The minimum atomic E-state index is -0.294. The predicted octanol–water partition coefficient (Wildman–Crippen LogP) is 3.96. The van der Waals surface area contributed by atoms with E-state index in [1.165, 1.54) is 17.7 Å². The van der Waals surface area contributed by atoms with Crippen LogP contribution < -0.4 is 4.90 Å². The number of halogens is 1. The summed E-state index contributed by atoms with van der Waals surface area (Å²) in [7, 11) is 4.06. The third-order valence-corrected chi connectivity index (χ3v) is 5.66. The van der Waals surface area contributed by atoms with E-state index in [1.54, 1.807) is 18.5 Å². The van der Waals surface area contributed by atoms with Gasteiger partial charge in [-0.2, -0.15) is 4.98 Å². The third kappa shape index (κ3) is 3.94. The van der Waals surface area contributed by atoms with Gasteiger partial charge in [-0.3, -0.25) is 4.90 Å². The predicted molar refractivity (Wildman–Crippen MR) is 115 cm³/mol. The molecule has 0 saturated heterocycles. The second-order valence-corrected chi connectivity index (χ2v) is 7.98. The van der Waals surface area contributed by atoms with Crippen molar-refractivity contribution in [2.75, 3.05) is 19.0 Å². The first kappa shape index (κ1) is 19.4. The first-order valence-corrected chi connectivity index (χ1v) is 10.2. The van der Waals surface area contributed by atoms with Gasteiger partial charge in [0.25, 0.3) is 0 Å². The van der Waals surface area contributed by atoms with Crippen molar-refractivity contribution in [1.29, 1.82) is 0 Å². The Hall–Kier alpha value is -3.52. The van der Waals surface area contributed by atoms with Crippen LogP contribution in [0.15, 0.2) is 59.4 Å². The van der Waals surface area contributed by atoms with Gasteiger partial charge in [0.2, 0.25) is 11.7 Å². The van der Waals surface area contributed by atoms with E-state index in [-0.39, 0.29) is 11.9 Å². The number of nitrogens with zero attached hydrogens (tertiary/aromatic N) is 5. The zero-order valence-electron chi connectivity index (χ0n) is 17.4. The monoisotopic (exact) mass is 418 g/mol. The van der Waals surface area contributed by atoms with Crippen molar-refractivity contribution in [3.63, 3.8) is 0 Å². The fourth-order valence-corrected chi connectivity index (χ4v) is 3.92. The molecule has 1 aliphatic rings. The number of benzene rings is 2. The van der Waals surface area contributed by atoms with Gasteiger partial charge in [0.1, 0.15) is 5.82 Å². The lowest BCUT2D eigenvalue weighted by atomic mass is 10.0. The Morgan fingerprint density at radius 3 is 2.65 bits per heavy atom. The van der Waals surface area contributed by atoms with E-state index in [9.17, 15) is 4.39 Å². The second kappa shape index (κ2) is 7.96. The molecule has 1 unspecified atom stereocenters. The van der Waals surface area contributed by atoms with E-state index in [1.807, 2.05) is 14.1 Å². The Morgan fingerprint density at radius 1 is 1.13 bits per heavy atom. The number of nitrogens with one attached hydrogen (secondary N) is 1. The molecule has 1 aliphatic heterocycles. The summed E-state index contributed by atoms with van der Waals surface area (Å²) in [5.74, 6) is 0.702. The average molecular weight is 418 g/mol. The molecule has 0 radical (unpaired) electrons. The Labute approximate surface area is 179 Å². The van der Waals surface area contributed by atoms with Crippen LogP contribution in [-0.4, -0.2) is 39.1 Å². The van der Waals surface area contributed by atoms with Crippen LogP contribution in [0.1, 0.15) is 28.9 Å². The van der Waals surface area contributed by atoms with Crippen LogP contribution in [0.3, 0.4) is 0 Å². The highest BCUT2D eigenvalue weighted by Gasteiger charge is 2.33. The molecule has 8 heteroatoms. The molecule has 158 valence electrons. The highest BCUT2D eigenvalue weighted by molar-refractivity contribution is 5.53. The summed E-state index contributed by atoms with van der Waals surface area (Å²) in [6, 6.07) is 14.5. The molecule has 0 amide bonds.